The second kappa shape index (κ2) is 27.7. The Kier molecular flexibility index (Phi) is 27.0. The Labute approximate surface area is 238 Å². The van der Waals surface area contributed by atoms with E-state index in [1.807, 2.05) is 7.05 Å². The van der Waals surface area contributed by atoms with Crippen LogP contribution in [0.25, 0.3) is 0 Å². The van der Waals surface area contributed by atoms with Crippen molar-refractivity contribution in [2.45, 2.75) is 200 Å². The fourth-order valence-electron chi connectivity index (χ4n) is 5.55. The maximum atomic E-state index is 12.8. The van der Waals surface area contributed by atoms with Crippen molar-refractivity contribution >= 4 is 11.9 Å². The number of hydrogen-bond acceptors (Lipinski definition) is 4. The lowest BCUT2D eigenvalue weighted by Gasteiger charge is -2.33. The van der Waals surface area contributed by atoms with Gasteiger partial charge in [0.1, 0.15) is 0 Å². The van der Waals surface area contributed by atoms with Gasteiger partial charge < -0.3 is 10.1 Å². The summed E-state index contributed by atoms with van der Waals surface area (Å²) in [6, 6.07) is 0. The standard InChI is InChI=1S/C34H67NO3/c1-5-8-11-14-16-18-19-20-21-23-25-28-32(36)38-33(37)31-34(35-4,29-26-13-10-7-3)30-27-24-22-17-15-12-9-6-2/h35H,5-31H2,1-4H3. The van der Waals surface area contributed by atoms with Crippen molar-refractivity contribution < 1.29 is 14.3 Å². The van der Waals surface area contributed by atoms with Crippen molar-refractivity contribution in [1.29, 1.82) is 0 Å². The fraction of sp³-hybridized carbons (Fsp3) is 0.941. The maximum absolute atomic E-state index is 12.8. The van der Waals surface area contributed by atoms with E-state index in [9.17, 15) is 9.59 Å². The van der Waals surface area contributed by atoms with Gasteiger partial charge in [0, 0.05) is 12.0 Å². The molecular formula is C34H67NO3. The first kappa shape index (κ1) is 37.1. The minimum Gasteiger partial charge on any atom is -0.393 e. The molecule has 1 unspecified atom stereocenters. The summed E-state index contributed by atoms with van der Waals surface area (Å²) in [4.78, 5) is 25.1. The Hall–Kier alpha value is -0.900. The van der Waals surface area contributed by atoms with E-state index in [2.05, 4.69) is 26.1 Å². The van der Waals surface area contributed by atoms with E-state index in [0.29, 0.717) is 12.8 Å². The lowest BCUT2D eigenvalue weighted by molar-refractivity contribution is -0.160. The molecule has 0 rings (SSSR count). The molecule has 0 radical (unpaired) electrons. The van der Waals surface area contributed by atoms with Gasteiger partial charge in [-0.2, -0.15) is 0 Å². The second-order valence-electron chi connectivity index (χ2n) is 11.9. The lowest BCUT2D eigenvalue weighted by Crippen LogP contribution is -2.45. The molecule has 0 amide bonds. The van der Waals surface area contributed by atoms with Crippen molar-refractivity contribution in [3.8, 4) is 0 Å². The predicted octanol–water partition coefficient (Wildman–Crippen LogP) is 10.6. The van der Waals surface area contributed by atoms with Gasteiger partial charge in [-0.3, -0.25) is 9.59 Å². The van der Waals surface area contributed by atoms with Gasteiger partial charge in [0.05, 0.1) is 6.42 Å². The van der Waals surface area contributed by atoms with Crippen molar-refractivity contribution in [1.82, 2.24) is 5.32 Å². The molecule has 226 valence electrons. The van der Waals surface area contributed by atoms with Crippen LogP contribution < -0.4 is 5.32 Å². The first-order chi connectivity index (χ1) is 18.5. The largest absolute Gasteiger partial charge is 0.393 e. The van der Waals surface area contributed by atoms with E-state index >= 15 is 0 Å². The van der Waals surface area contributed by atoms with Gasteiger partial charge in [-0.15, -0.1) is 0 Å². The fourth-order valence-corrected chi connectivity index (χ4v) is 5.55. The van der Waals surface area contributed by atoms with Crippen LogP contribution in [0.1, 0.15) is 194 Å². The van der Waals surface area contributed by atoms with Crippen LogP contribution in [0.5, 0.6) is 0 Å². The number of ether oxygens (including phenoxy) is 1. The molecule has 0 aromatic carbocycles. The number of carbonyl (C=O) groups excluding carboxylic acids is 2. The van der Waals surface area contributed by atoms with E-state index in [1.165, 1.54) is 122 Å². The third-order valence-electron chi connectivity index (χ3n) is 8.24. The maximum Gasteiger partial charge on any atom is 0.315 e. The van der Waals surface area contributed by atoms with E-state index in [-0.39, 0.29) is 17.5 Å². The number of unbranched alkanes of at least 4 members (excludes halogenated alkanes) is 20. The third-order valence-corrected chi connectivity index (χ3v) is 8.24. The highest BCUT2D eigenvalue weighted by Crippen LogP contribution is 2.27. The van der Waals surface area contributed by atoms with E-state index in [4.69, 9.17) is 4.74 Å². The Balaban J connectivity index is 4.28. The molecule has 0 aliphatic carbocycles. The summed E-state index contributed by atoms with van der Waals surface area (Å²) in [6.07, 6.45) is 31.4. The molecule has 0 aromatic rings. The molecule has 0 bridgehead atoms. The molecule has 0 aliphatic rings. The van der Waals surface area contributed by atoms with Gasteiger partial charge >= 0.3 is 11.9 Å². The van der Waals surface area contributed by atoms with Gasteiger partial charge in [0.25, 0.3) is 0 Å². The summed E-state index contributed by atoms with van der Waals surface area (Å²) in [6.45, 7) is 6.75. The van der Waals surface area contributed by atoms with Crippen LogP contribution in [-0.4, -0.2) is 24.5 Å². The lowest BCUT2D eigenvalue weighted by atomic mass is 9.83. The highest BCUT2D eigenvalue weighted by atomic mass is 16.6. The van der Waals surface area contributed by atoms with Crippen molar-refractivity contribution in [2.75, 3.05) is 7.05 Å². The second-order valence-corrected chi connectivity index (χ2v) is 11.9. The quantitative estimate of drug-likeness (QED) is 0.0585. The number of rotatable bonds is 29. The Morgan fingerprint density at radius 2 is 0.842 bits per heavy atom. The van der Waals surface area contributed by atoms with Crippen LogP contribution in [0.3, 0.4) is 0 Å². The van der Waals surface area contributed by atoms with Crippen LogP contribution in [0.2, 0.25) is 0 Å². The van der Waals surface area contributed by atoms with Gasteiger partial charge in [-0.1, -0.05) is 162 Å². The van der Waals surface area contributed by atoms with Gasteiger partial charge in [-0.25, -0.2) is 0 Å². The molecule has 0 spiro atoms. The predicted molar refractivity (Wildman–Crippen MR) is 165 cm³/mol. The first-order valence-corrected chi connectivity index (χ1v) is 17.0. The summed E-state index contributed by atoms with van der Waals surface area (Å²) in [7, 11) is 1.98. The molecule has 0 saturated carbocycles. The average Bonchev–Trinajstić information content (AvgIpc) is 2.91. The SMILES string of the molecule is CCCCCCCCCCCCCC(=O)OC(=O)CC(CCCCCC)(CCCCCCCCCC)NC. The summed E-state index contributed by atoms with van der Waals surface area (Å²) in [5.74, 6) is -0.684. The Morgan fingerprint density at radius 3 is 1.24 bits per heavy atom. The molecule has 0 fully saturated rings. The Bertz CT molecular complexity index is 536. The topological polar surface area (TPSA) is 55.4 Å². The summed E-state index contributed by atoms with van der Waals surface area (Å²) < 4.78 is 5.29. The van der Waals surface area contributed by atoms with Crippen LogP contribution in [-0.2, 0) is 14.3 Å². The van der Waals surface area contributed by atoms with Gasteiger partial charge in [-0.05, 0) is 26.3 Å². The van der Waals surface area contributed by atoms with Crippen molar-refractivity contribution in [2.24, 2.45) is 0 Å². The zero-order valence-electron chi connectivity index (χ0n) is 26.3. The molecule has 0 heterocycles. The number of hydrogen-bond donors (Lipinski definition) is 1. The van der Waals surface area contributed by atoms with Crippen LogP contribution in [0.4, 0.5) is 0 Å². The van der Waals surface area contributed by atoms with Crippen LogP contribution >= 0.6 is 0 Å². The van der Waals surface area contributed by atoms with Gasteiger partial charge in [0.2, 0.25) is 0 Å². The van der Waals surface area contributed by atoms with Crippen molar-refractivity contribution in [3.63, 3.8) is 0 Å². The summed E-state index contributed by atoms with van der Waals surface area (Å²) >= 11 is 0. The number of esters is 2. The van der Waals surface area contributed by atoms with E-state index in [1.54, 1.807) is 0 Å². The highest BCUT2D eigenvalue weighted by Gasteiger charge is 2.31. The Morgan fingerprint density at radius 1 is 0.500 bits per heavy atom. The minimum absolute atomic E-state index is 0.246. The van der Waals surface area contributed by atoms with Crippen molar-refractivity contribution in [3.05, 3.63) is 0 Å². The summed E-state index contributed by atoms with van der Waals surface area (Å²) in [5, 5.41) is 3.49. The van der Waals surface area contributed by atoms with E-state index in [0.717, 1.165) is 38.5 Å². The molecule has 0 saturated heterocycles. The number of carbonyl (C=O) groups is 2. The van der Waals surface area contributed by atoms with Crippen LogP contribution in [0, 0.1) is 0 Å². The molecule has 0 aromatic heterocycles. The van der Waals surface area contributed by atoms with E-state index < -0.39 is 0 Å². The zero-order chi connectivity index (χ0) is 28.2. The molecule has 4 nitrogen and oxygen atoms in total. The number of nitrogens with one attached hydrogen (secondary N) is 1. The average molecular weight is 538 g/mol. The highest BCUT2D eigenvalue weighted by molar-refractivity contribution is 5.85. The minimum atomic E-state index is -0.345. The first-order valence-electron chi connectivity index (χ1n) is 17.0. The molecular weight excluding hydrogens is 470 g/mol. The normalized spacial score (nSPS) is 12.9. The van der Waals surface area contributed by atoms with Crippen LogP contribution in [0.15, 0.2) is 0 Å². The van der Waals surface area contributed by atoms with Gasteiger partial charge in [0.15, 0.2) is 0 Å². The monoisotopic (exact) mass is 538 g/mol. The smallest absolute Gasteiger partial charge is 0.315 e. The molecule has 1 atom stereocenters. The molecule has 38 heavy (non-hydrogen) atoms. The zero-order valence-corrected chi connectivity index (χ0v) is 26.3. The molecule has 4 heteroatoms. The molecule has 1 N–H and O–H groups in total. The molecule has 0 aliphatic heterocycles. The third kappa shape index (κ3) is 23.0. The summed E-state index contributed by atoms with van der Waals surface area (Å²) in [5.41, 5.74) is -0.246.